The Hall–Kier alpha value is -2.51. The maximum atomic E-state index is 11.9. The predicted molar refractivity (Wildman–Crippen MR) is 107 cm³/mol. The Morgan fingerprint density at radius 2 is 2.04 bits per heavy atom. The predicted octanol–water partition coefficient (Wildman–Crippen LogP) is 3.13. The molecule has 2 aromatic rings. The minimum Gasteiger partial charge on any atom is -0.497 e. The van der Waals surface area contributed by atoms with E-state index >= 15 is 0 Å². The van der Waals surface area contributed by atoms with Gasteiger partial charge in [-0.15, -0.1) is 0 Å². The summed E-state index contributed by atoms with van der Waals surface area (Å²) in [5.41, 5.74) is 0.344. The van der Waals surface area contributed by atoms with Crippen molar-refractivity contribution in [1.29, 1.82) is 0 Å². The van der Waals surface area contributed by atoms with E-state index in [4.69, 9.17) is 9.15 Å². The fourth-order valence-corrected chi connectivity index (χ4v) is 3.24. The molecule has 1 heterocycles. The highest BCUT2D eigenvalue weighted by Gasteiger charge is 2.37. The van der Waals surface area contributed by atoms with Gasteiger partial charge in [0.25, 0.3) is 0 Å². The Morgan fingerprint density at radius 1 is 1.29 bits per heavy atom. The zero-order valence-electron chi connectivity index (χ0n) is 16.9. The molecule has 0 saturated heterocycles. The van der Waals surface area contributed by atoms with E-state index in [2.05, 4.69) is 5.32 Å². The first kappa shape index (κ1) is 21.8. The van der Waals surface area contributed by atoms with Crippen LogP contribution in [0.2, 0.25) is 0 Å². The standard InChI is InChI=1S/C21H30N2O5/c1-21(2,3)23(20(25)26)18(12-17-9-6-10-28-17)19(24)14-22-13-15-7-5-8-16(11-15)27-4/h5-11,18-19,22,24H,12-14H2,1-4H3,(H,25,26)/t18-,19-/m0/s1. The number of ether oxygens (including phenoxy) is 1. The summed E-state index contributed by atoms with van der Waals surface area (Å²) in [5, 5.41) is 23.8. The first-order valence-corrected chi connectivity index (χ1v) is 9.28. The van der Waals surface area contributed by atoms with Crippen molar-refractivity contribution in [3.05, 3.63) is 54.0 Å². The summed E-state index contributed by atoms with van der Waals surface area (Å²) in [4.78, 5) is 13.2. The van der Waals surface area contributed by atoms with Crippen molar-refractivity contribution >= 4 is 6.09 Å². The van der Waals surface area contributed by atoms with Gasteiger partial charge in [0.15, 0.2) is 0 Å². The summed E-state index contributed by atoms with van der Waals surface area (Å²) in [6, 6.07) is 10.5. The number of nitrogens with zero attached hydrogens (tertiary/aromatic N) is 1. The molecule has 0 saturated carbocycles. The number of aliphatic hydroxyl groups is 1. The van der Waals surface area contributed by atoms with Crippen molar-refractivity contribution < 1.29 is 24.2 Å². The minimum atomic E-state index is -1.07. The number of aliphatic hydroxyl groups excluding tert-OH is 1. The zero-order valence-corrected chi connectivity index (χ0v) is 16.9. The van der Waals surface area contributed by atoms with Crippen LogP contribution in [-0.2, 0) is 13.0 Å². The molecule has 1 amide bonds. The maximum Gasteiger partial charge on any atom is 0.408 e. The van der Waals surface area contributed by atoms with Gasteiger partial charge in [0.2, 0.25) is 0 Å². The van der Waals surface area contributed by atoms with Crippen LogP contribution < -0.4 is 10.1 Å². The Labute approximate surface area is 165 Å². The average molecular weight is 390 g/mol. The van der Waals surface area contributed by atoms with Crippen LogP contribution in [0.4, 0.5) is 4.79 Å². The van der Waals surface area contributed by atoms with E-state index in [1.807, 2.05) is 45.0 Å². The highest BCUT2D eigenvalue weighted by Crippen LogP contribution is 2.23. The van der Waals surface area contributed by atoms with Gasteiger partial charge >= 0.3 is 6.09 Å². The van der Waals surface area contributed by atoms with Crippen LogP contribution >= 0.6 is 0 Å². The monoisotopic (exact) mass is 390 g/mol. The fourth-order valence-electron chi connectivity index (χ4n) is 3.24. The van der Waals surface area contributed by atoms with E-state index in [0.29, 0.717) is 18.7 Å². The Kier molecular flexibility index (Phi) is 7.48. The highest BCUT2D eigenvalue weighted by molar-refractivity contribution is 5.66. The summed E-state index contributed by atoms with van der Waals surface area (Å²) in [6.07, 6.45) is -0.150. The molecule has 2 rings (SSSR count). The second kappa shape index (κ2) is 9.61. The van der Waals surface area contributed by atoms with Gasteiger partial charge in [0.1, 0.15) is 11.5 Å². The number of nitrogens with one attached hydrogen (secondary N) is 1. The van der Waals surface area contributed by atoms with Crippen molar-refractivity contribution in [2.75, 3.05) is 13.7 Å². The Morgan fingerprint density at radius 3 is 2.61 bits per heavy atom. The van der Waals surface area contributed by atoms with Crippen molar-refractivity contribution in [2.24, 2.45) is 0 Å². The van der Waals surface area contributed by atoms with Gasteiger partial charge < -0.3 is 24.7 Å². The van der Waals surface area contributed by atoms with Gasteiger partial charge in [-0.25, -0.2) is 4.79 Å². The van der Waals surface area contributed by atoms with E-state index in [9.17, 15) is 15.0 Å². The van der Waals surface area contributed by atoms with Gasteiger partial charge in [-0.1, -0.05) is 12.1 Å². The number of hydrogen-bond acceptors (Lipinski definition) is 5. The molecule has 0 aliphatic carbocycles. The van der Waals surface area contributed by atoms with Gasteiger partial charge in [-0.2, -0.15) is 0 Å². The molecule has 0 bridgehead atoms. The number of carbonyl (C=O) groups is 1. The molecule has 7 nitrogen and oxygen atoms in total. The van der Waals surface area contributed by atoms with Crippen molar-refractivity contribution in [3.8, 4) is 5.75 Å². The summed E-state index contributed by atoms with van der Waals surface area (Å²) in [5.74, 6) is 1.40. The number of rotatable bonds is 9. The SMILES string of the molecule is COc1cccc(CNC[C@H](O)[C@H](Cc2ccco2)N(C(=O)O)C(C)(C)C)c1. The number of hydrogen-bond donors (Lipinski definition) is 3. The second-order valence-corrected chi connectivity index (χ2v) is 7.72. The molecular formula is C21H30N2O5. The average Bonchev–Trinajstić information content (AvgIpc) is 3.13. The molecule has 0 aliphatic rings. The number of methoxy groups -OCH3 is 1. The first-order valence-electron chi connectivity index (χ1n) is 9.28. The largest absolute Gasteiger partial charge is 0.497 e. The fraction of sp³-hybridized carbons (Fsp3) is 0.476. The summed E-state index contributed by atoms with van der Waals surface area (Å²) >= 11 is 0. The van der Waals surface area contributed by atoms with Crippen LogP contribution in [0.1, 0.15) is 32.1 Å². The molecule has 0 aliphatic heterocycles. The molecule has 0 radical (unpaired) electrons. The maximum absolute atomic E-state index is 11.9. The third kappa shape index (κ3) is 6.00. The third-order valence-corrected chi connectivity index (χ3v) is 4.51. The number of furan rings is 1. The van der Waals surface area contributed by atoms with Crippen LogP contribution in [-0.4, -0.2) is 52.5 Å². The summed E-state index contributed by atoms with van der Waals surface area (Å²) < 4.78 is 10.6. The molecule has 3 N–H and O–H groups in total. The molecule has 0 spiro atoms. The van der Waals surface area contributed by atoms with Gasteiger partial charge in [0, 0.05) is 25.0 Å². The molecule has 1 aromatic carbocycles. The number of benzene rings is 1. The number of carboxylic acid groups (broad SMARTS) is 1. The quantitative estimate of drug-likeness (QED) is 0.609. The second-order valence-electron chi connectivity index (χ2n) is 7.72. The van der Waals surface area contributed by atoms with E-state index in [1.165, 1.54) is 4.90 Å². The van der Waals surface area contributed by atoms with Gasteiger partial charge in [0.05, 0.1) is 25.5 Å². The first-order chi connectivity index (χ1) is 13.2. The Balaban J connectivity index is 2.09. The van der Waals surface area contributed by atoms with E-state index in [-0.39, 0.29) is 6.54 Å². The molecule has 2 atom stereocenters. The topological polar surface area (TPSA) is 95.2 Å². The van der Waals surface area contributed by atoms with E-state index in [1.54, 1.807) is 25.5 Å². The van der Waals surface area contributed by atoms with Crippen LogP contribution in [0.25, 0.3) is 0 Å². The van der Waals surface area contributed by atoms with Crippen molar-refractivity contribution in [2.45, 2.75) is 51.4 Å². The van der Waals surface area contributed by atoms with Gasteiger partial charge in [-0.3, -0.25) is 4.90 Å². The molecule has 28 heavy (non-hydrogen) atoms. The Bertz CT molecular complexity index is 740. The number of amides is 1. The molecule has 7 heteroatoms. The lowest BCUT2D eigenvalue weighted by atomic mass is 9.97. The third-order valence-electron chi connectivity index (χ3n) is 4.51. The molecule has 154 valence electrons. The van der Waals surface area contributed by atoms with Gasteiger partial charge in [-0.05, 0) is 50.6 Å². The lowest BCUT2D eigenvalue weighted by Gasteiger charge is -2.41. The van der Waals surface area contributed by atoms with Crippen LogP contribution in [0, 0.1) is 0 Å². The van der Waals surface area contributed by atoms with E-state index in [0.717, 1.165) is 11.3 Å². The van der Waals surface area contributed by atoms with Crippen molar-refractivity contribution in [3.63, 3.8) is 0 Å². The molecular weight excluding hydrogens is 360 g/mol. The lowest BCUT2D eigenvalue weighted by Crippen LogP contribution is -2.58. The van der Waals surface area contributed by atoms with Crippen LogP contribution in [0.15, 0.2) is 47.1 Å². The zero-order chi connectivity index (χ0) is 20.7. The normalized spacial score (nSPS) is 13.8. The smallest absolute Gasteiger partial charge is 0.408 e. The van der Waals surface area contributed by atoms with Crippen LogP contribution in [0.5, 0.6) is 5.75 Å². The van der Waals surface area contributed by atoms with Crippen LogP contribution in [0.3, 0.4) is 0 Å². The highest BCUT2D eigenvalue weighted by atomic mass is 16.5. The minimum absolute atomic E-state index is 0.239. The molecule has 1 aromatic heterocycles. The summed E-state index contributed by atoms with van der Waals surface area (Å²) in [7, 11) is 1.61. The molecule has 0 unspecified atom stereocenters. The van der Waals surface area contributed by atoms with Crippen molar-refractivity contribution in [1.82, 2.24) is 10.2 Å². The lowest BCUT2D eigenvalue weighted by molar-refractivity contribution is 0.00589. The molecule has 0 fully saturated rings. The summed E-state index contributed by atoms with van der Waals surface area (Å²) in [6.45, 7) is 6.21. The van der Waals surface area contributed by atoms with E-state index < -0.39 is 23.8 Å².